The molecule has 0 saturated heterocycles. The molecule has 5 unspecified atom stereocenters. The second kappa shape index (κ2) is 13.9. The second-order valence-electron chi connectivity index (χ2n) is 8.48. The smallest absolute Gasteiger partial charge is 0.326 e. The highest BCUT2D eigenvalue weighted by Gasteiger charge is 2.31. The molecule has 0 aromatic heterocycles. The summed E-state index contributed by atoms with van der Waals surface area (Å²) in [7, 11) is 0. The van der Waals surface area contributed by atoms with E-state index in [2.05, 4.69) is 16.0 Å². The predicted molar refractivity (Wildman–Crippen MR) is 127 cm³/mol. The molecule has 35 heavy (non-hydrogen) atoms. The van der Waals surface area contributed by atoms with Gasteiger partial charge in [-0.2, -0.15) is 0 Å². The van der Waals surface area contributed by atoms with Gasteiger partial charge in [-0.05, 0) is 43.4 Å². The first-order valence-electron chi connectivity index (χ1n) is 11.3. The maximum atomic E-state index is 12.8. The molecule has 5 atom stereocenters. The normalized spacial score (nSPS) is 15.1. The number of rotatable bonds is 14. The number of nitrogens with two attached hydrogens (primary N) is 2. The minimum atomic E-state index is -1.35. The first-order valence-corrected chi connectivity index (χ1v) is 11.3. The minimum absolute atomic E-state index is 0.0829. The third-order valence-electron chi connectivity index (χ3n) is 5.57. The van der Waals surface area contributed by atoms with Crippen LogP contribution < -0.4 is 27.4 Å². The lowest BCUT2D eigenvalue weighted by Gasteiger charge is -2.27. The number of nitrogens with one attached hydrogen (secondary N) is 3. The van der Waals surface area contributed by atoms with E-state index < -0.39 is 53.8 Å². The Morgan fingerprint density at radius 1 is 0.943 bits per heavy atom. The molecule has 0 fully saturated rings. The maximum absolute atomic E-state index is 12.8. The molecule has 1 rings (SSSR count). The molecule has 12 heteroatoms. The Morgan fingerprint density at radius 2 is 1.54 bits per heavy atom. The lowest BCUT2D eigenvalue weighted by atomic mass is 9.97. The predicted octanol–water partition coefficient (Wildman–Crippen LogP) is -0.867. The molecule has 0 bridgehead atoms. The number of aliphatic carboxylic acids is 1. The molecule has 12 nitrogen and oxygen atoms in total. The fourth-order valence-electron chi connectivity index (χ4n) is 3.15. The number of phenolic OH excluding ortho intramolecular Hbond substituents is 1. The van der Waals surface area contributed by atoms with Gasteiger partial charge in [0.2, 0.25) is 23.6 Å². The average molecular weight is 494 g/mol. The van der Waals surface area contributed by atoms with Gasteiger partial charge in [0.1, 0.15) is 23.9 Å². The first kappa shape index (κ1) is 29.4. The number of phenols is 1. The third-order valence-corrected chi connectivity index (χ3v) is 5.57. The molecule has 1 aromatic rings. The minimum Gasteiger partial charge on any atom is -0.508 e. The molecule has 0 spiro atoms. The van der Waals surface area contributed by atoms with Gasteiger partial charge >= 0.3 is 5.97 Å². The summed E-state index contributed by atoms with van der Waals surface area (Å²) in [4.78, 5) is 60.4. The van der Waals surface area contributed by atoms with Crippen LogP contribution in [0.25, 0.3) is 0 Å². The molecule has 1 aromatic carbocycles. The zero-order valence-corrected chi connectivity index (χ0v) is 20.1. The molecule has 0 aliphatic rings. The van der Waals surface area contributed by atoms with Crippen molar-refractivity contribution in [3.63, 3.8) is 0 Å². The lowest BCUT2D eigenvalue weighted by Crippen LogP contribution is -2.58. The Kier molecular flexibility index (Phi) is 11.7. The van der Waals surface area contributed by atoms with Gasteiger partial charge in [0.25, 0.3) is 0 Å². The zero-order chi connectivity index (χ0) is 26.7. The van der Waals surface area contributed by atoms with Crippen molar-refractivity contribution in [1.29, 1.82) is 0 Å². The molecule has 194 valence electrons. The van der Waals surface area contributed by atoms with E-state index in [4.69, 9.17) is 11.5 Å². The molecule has 0 aliphatic heterocycles. The van der Waals surface area contributed by atoms with E-state index in [1.54, 1.807) is 26.0 Å². The summed E-state index contributed by atoms with van der Waals surface area (Å²) in [6, 6.07) is 1.78. The number of hydrogen-bond donors (Lipinski definition) is 7. The Balaban J connectivity index is 2.77. The van der Waals surface area contributed by atoms with Crippen LogP contribution >= 0.6 is 0 Å². The van der Waals surface area contributed by atoms with Crippen molar-refractivity contribution < 1.29 is 34.2 Å². The van der Waals surface area contributed by atoms with E-state index in [1.165, 1.54) is 19.1 Å². The molecule has 0 aliphatic carbocycles. The molecular formula is C23H35N5O7. The summed E-state index contributed by atoms with van der Waals surface area (Å²) in [5.74, 6) is -4.28. The number of amides is 4. The Labute approximate surface area is 203 Å². The third kappa shape index (κ3) is 10.0. The number of carbonyl (C=O) groups is 5. The molecule has 0 saturated carbocycles. The standard InChI is InChI=1S/C23H35N5O7/c1-4-12(2)19(22(33)27-17(23(34)35)9-10-18(25)30)28-20(31)13(3)26-21(32)16(24)11-14-5-7-15(29)8-6-14/h5-8,12-13,16-17,19,29H,4,9-11,24H2,1-3H3,(H2,25,30)(H,26,32)(H,27,33)(H,28,31)(H,34,35). The van der Waals surface area contributed by atoms with E-state index in [0.29, 0.717) is 6.42 Å². The Hall–Kier alpha value is -3.67. The molecule has 0 heterocycles. The number of carbonyl (C=O) groups excluding carboxylic acids is 4. The molecule has 0 radical (unpaired) electrons. The topological polar surface area (TPSA) is 214 Å². The van der Waals surface area contributed by atoms with Gasteiger partial charge in [0.05, 0.1) is 6.04 Å². The monoisotopic (exact) mass is 493 g/mol. The zero-order valence-electron chi connectivity index (χ0n) is 20.1. The van der Waals surface area contributed by atoms with Crippen molar-refractivity contribution in [2.75, 3.05) is 0 Å². The van der Waals surface area contributed by atoms with Crippen molar-refractivity contribution >= 4 is 29.6 Å². The van der Waals surface area contributed by atoms with Crippen LogP contribution in [-0.2, 0) is 30.4 Å². The van der Waals surface area contributed by atoms with Crippen LogP contribution in [0.2, 0.25) is 0 Å². The average Bonchev–Trinajstić information content (AvgIpc) is 2.80. The summed E-state index contributed by atoms with van der Waals surface area (Å²) in [6.45, 7) is 4.94. The Bertz CT molecular complexity index is 906. The van der Waals surface area contributed by atoms with Crippen LogP contribution in [0.15, 0.2) is 24.3 Å². The largest absolute Gasteiger partial charge is 0.508 e. The van der Waals surface area contributed by atoms with Gasteiger partial charge in [0, 0.05) is 6.42 Å². The van der Waals surface area contributed by atoms with Gasteiger partial charge in [-0.15, -0.1) is 0 Å². The summed E-state index contributed by atoms with van der Waals surface area (Å²) < 4.78 is 0. The van der Waals surface area contributed by atoms with Crippen LogP contribution in [0.5, 0.6) is 5.75 Å². The van der Waals surface area contributed by atoms with Gasteiger partial charge in [-0.3, -0.25) is 19.2 Å². The van der Waals surface area contributed by atoms with Gasteiger partial charge in [0.15, 0.2) is 0 Å². The number of aromatic hydroxyl groups is 1. The van der Waals surface area contributed by atoms with Gasteiger partial charge in [-0.25, -0.2) is 4.79 Å². The van der Waals surface area contributed by atoms with E-state index in [-0.39, 0.29) is 30.9 Å². The highest BCUT2D eigenvalue weighted by Crippen LogP contribution is 2.12. The van der Waals surface area contributed by atoms with E-state index in [9.17, 15) is 34.2 Å². The van der Waals surface area contributed by atoms with Crippen molar-refractivity contribution in [3.05, 3.63) is 29.8 Å². The lowest BCUT2D eigenvalue weighted by molar-refractivity contribution is -0.143. The summed E-state index contributed by atoms with van der Waals surface area (Å²) >= 11 is 0. The van der Waals surface area contributed by atoms with E-state index in [0.717, 1.165) is 5.56 Å². The fourth-order valence-corrected chi connectivity index (χ4v) is 3.15. The quantitative estimate of drug-likeness (QED) is 0.172. The molecule has 9 N–H and O–H groups in total. The fraction of sp³-hybridized carbons (Fsp3) is 0.522. The van der Waals surface area contributed by atoms with E-state index >= 15 is 0 Å². The summed E-state index contributed by atoms with van der Waals surface area (Å²) in [5.41, 5.74) is 11.7. The van der Waals surface area contributed by atoms with Crippen LogP contribution in [0.1, 0.15) is 45.6 Å². The first-order chi connectivity index (χ1) is 16.3. The second-order valence-corrected chi connectivity index (χ2v) is 8.48. The summed E-state index contributed by atoms with van der Waals surface area (Å²) in [6.07, 6.45) is 0.254. The maximum Gasteiger partial charge on any atom is 0.326 e. The van der Waals surface area contributed by atoms with Crippen molar-refractivity contribution in [1.82, 2.24) is 16.0 Å². The van der Waals surface area contributed by atoms with Crippen LogP contribution in [0, 0.1) is 5.92 Å². The SMILES string of the molecule is CCC(C)C(NC(=O)C(C)NC(=O)C(N)Cc1ccc(O)cc1)C(=O)NC(CCC(N)=O)C(=O)O. The number of hydrogen-bond acceptors (Lipinski definition) is 7. The van der Waals surface area contributed by atoms with Gasteiger partial charge in [-0.1, -0.05) is 32.4 Å². The number of benzene rings is 1. The number of carboxylic acids is 1. The van der Waals surface area contributed by atoms with E-state index in [1.807, 2.05) is 0 Å². The van der Waals surface area contributed by atoms with Crippen molar-refractivity contribution in [3.8, 4) is 5.75 Å². The molecule has 4 amide bonds. The Morgan fingerprint density at radius 3 is 2.06 bits per heavy atom. The summed E-state index contributed by atoms with van der Waals surface area (Å²) in [5, 5.41) is 26.1. The number of primary amides is 1. The molecular weight excluding hydrogens is 458 g/mol. The highest BCUT2D eigenvalue weighted by atomic mass is 16.4. The van der Waals surface area contributed by atoms with Crippen LogP contribution in [0.3, 0.4) is 0 Å². The van der Waals surface area contributed by atoms with Crippen molar-refractivity contribution in [2.45, 2.75) is 70.6 Å². The van der Waals surface area contributed by atoms with Crippen LogP contribution in [0.4, 0.5) is 0 Å². The number of carboxylic acid groups (broad SMARTS) is 1. The van der Waals surface area contributed by atoms with Crippen LogP contribution in [-0.4, -0.2) is 64.0 Å². The van der Waals surface area contributed by atoms with Crippen molar-refractivity contribution in [2.24, 2.45) is 17.4 Å². The van der Waals surface area contributed by atoms with Gasteiger partial charge < -0.3 is 37.6 Å². The highest BCUT2D eigenvalue weighted by molar-refractivity contribution is 5.94.